The average Bonchev–Trinajstić information content (AvgIpc) is 2.88. The molecule has 0 fully saturated rings. The Labute approximate surface area is 200 Å². The largest absolute Gasteiger partial charge is 0.493 e. The number of rotatable bonds is 10. The van der Waals surface area contributed by atoms with Crippen molar-refractivity contribution in [1.29, 1.82) is 0 Å². The zero-order valence-corrected chi connectivity index (χ0v) is 20.0. The summed E-state index contributed by atoms with van der Waals surface area (Å²) in [6.07, 6.45) is 0. The summed E-state index contributed by atoms with van der Waals surface area (Å²) in [5, 5.41) is 2.85. The van der Waals surface area contributed by atoms with Crippen LogP contribution in [0, 0.1) is 0 Å². The van der Waals surface area contributed by atoms with Crippen LogP contribution in [0.2, 0.25) is 0 Å². The first-order valence-corrected chi connectivity index (χ1v) is 11.1. The zero-order chi connectivity index (χ0) is 24.5. The highest BCUT2D eigenvalue weighted by Gasteiger charge is 2.19. The highest BCUT2D eigenvalue weighted by atomic mass is 16.5. The lowest BCUT2D eigenvalue weighted by Crippen LogP contribution is -2.30. The molecule has 3 rings (SSSR count). The molecule has 0 unspecified atom stereocenters. The monoisotopic (exact) mass is 462 g/mol. The Morgan fingerprint density at radius 1 is 0.824 bits per heavy atom. The Kier molecular flexibility index (Phi) is 8.51. The summed E-state index contributed by atoms with van der Waals surface area (Å²) >= 11 is 0. The molecule has 7 heteroatoms. The van der Waals surface area contributed by atoms with Crippen molar-refractivity contribution in [2.45, 2.75) is 20.5 Å². The first kappa shape index (κ1) is 24.6. The molecule has 0 spiro atoms. The van der Waals surface area contributed by atoms with Gasteiger partial charge in [-0.3, -0.25) is 9.59 Å². The van der Waals surface area contributed by atoms with Gasteiger partial charge < -0.3 is 24.4 Å². The normalized spacial score (nSPS) is 10.4. The third kappa shape index (κ3) is 5.86. The maximum atomic E-state index is 13.0. The molecule has 0 saturated carbocycles. The molecule has 34 heavy (non-hydrogen) atoms. The molecule has 0 heterocycles. The van der Waals surface area contributed by atoms with Gasteiger partial charge in [0.1, 0.15) is 6.61 Å². The van der Waals surface area contributed by atoms with Gasteiger partial charge >= 0.3 is 0 Å². The molecule has 0 aliphatic carbocycles. The lowest BCUT2D eigenvalue weighted by Gasteiger charge is -2.19. The lowest BCUT2D eigenvalue weighted by atomic mass is 10.1. The second-order valence-corrected chi connectivity index (χ2v) is 7.50. The van der Waals surface area contributed by atoms with Gasteiger partial charge in [-0.05, 0) is 49.7 Å². The number of hydrogen-bond donors (Lipinski definition) is 1. The number of methoxy groups -OCH3 is 2. The second-order valence-electron chi connectivity index (χ2n) is 7.50. The third-order valence-electron chi connectivity index (χ3n) is 5.37. The number of carbonyl (C=O) groups excluding carboxylic acids is 2. The number of carbonyl (C=O) groups is 2. The van der Waals surface area contributed by atoms with Crippen LogP contribution in [-0.4, -0.2) is 44.0 Å². The molecular weight excluding hydrogens is 432 g/mol. The molecule has 7 nitrogen and oxygen atoms in total. The molecule has 0 saturated heterocycles. The van der Waals surface area contributed by atoms with Gasteiger partial charge in [-0.2, -0.15) is 0 Å². The topological polar surface area (TPSA) is 77.1 Å². The molecule has 178 valence electrons. The number of ether oxygens (including phenoxy) is 3. The number of anilines is 1. The van der Waals surface area contributed by atoms with Gasteiger partial charge in [-0.1, -0.05) is 36.4 Å². The first-order valence-electron chi connectivity index (χ1n) is 11.1. The number of amides is 2. The number of benzene rings is 3. The number of nitrogens with one attached hydrogen (secondary N) is 1. The van der Waals surface area contributed by atoms with Crippen LogP contribution < -0.4 is 19.5 Å². The number of nitrogens with zero attached hydrogens (tertiary/aromatic N) is 1. The Hall–Kier alpha value is -4.00. The molecule has 3 aromatic carbocycles. The standard InChI is InChI=1S/C27H30N2O5/c1-5-29(6-2)27(31)20-13-10-14-22(15-20)28-26(30)21-16-23(32-3)25(24(17-21)33-4)34-18-19-11-8-7-9-12-19/h7-17H,5-6,18H2,1-4H3,(H,28,30). The predicted octanol–water partition coefficient (Wildman–Crippen LogP) is 5.02. The minimum absolute atomic E-state index is 0.0793. The van der Waals surface area contributed by atoms with Crippen molar-refractivity contribution in [1.82, 2.24) is 4.90 Å². The quantitative estimate of drug-likeness (QED) is 0.458. The second kappa shape index (κ2) is 11.7. The fraction of sp³-hybridized carbons (Fsp3) is 0.259. The summed E-state index contributed by atoms with van der Waals surface area (Å²) in [4.78, 5) is 27.4. The van der Waals surface area contributed by atoms with Crippen LogP contribution >= 0.6 is 0 Å². The maximum Gasteiger partial charge on any atom is 0.255 e. The molecule has 0 atom stereocenters. The molecular formula is C27H30N2O5. The average molecular weight is 463 g/mol. The van der Waals surface area contributed by atoms with Gasteiger partial charge in [0.15, 0.2) is 11.5 Å². The van der Waals surface area contributed by atoms with Crippen molar-refractivity contribution in [3.05, 3.63) is 83.4 Å². The summed E-state index contributed by atoms with van der Waals surface area (Å²) in [6, 6.07) is 19.8. The van der Waals surface area contributed by atoms with Gasteiger partial charge in [0.05, 0.1) is 14.2 Å². The van der Waals surface area contributed by atoms with Crippen LogP contribution in [0.3, 0.4) is 0 Å². The Morgan fingerprint density at radius 3 is 2.06 bits per heavy atom. The van der Waals surface area contributed by atoms with Crippen molar-refractivity contribution in [2.24, 2.45) is 0 Å². The van der Waals surface area contributed by atoms with Crippen LogP contribution in [0.15, 0.2) is 66.7 Å². The SMILES string of the molecule is CCN(CC)C(=O)c1cccc(NC(=O)c2cc(OC)c(OCc3ccccc3)c(OC)c2)c1. The van der Waals surface area contributed by atoms with E-state index in [1.165, 1.54) is 14.2 Å². The summed E-state index contributed by atoms with van der Waals surface area (Å²) in [6.45, 7) is 5.42. The van der Waals surface area contributed by atoms with E-state index in [9.17, 15) is 9.59 Å². The molecule has 0 aromatic heterocycles. The van der Waals surface area contributed by atoms with Crippen LogP contribution in [0.5, 0.6) is 17.2 Å². The fourth-order valence-corrected chi connectivity index (χ4v) is 3.51. The fourth-order valence-electron chi connectivity index (χ4n) is 3.51. The predicted molar refractivity (Wildman–Crippen MR) is 132 cm³/mol. The molecule has 2 amide bonds. The third-order valence-corrected chi connectivity index (χ3v) is 5.37. The van der Waals surface area contributed by atoms with Gasteiger partial charge in [-0.25, -0.2) is 0 Å². The minimum atomic E-state index is -0.362. The van der Waals surface area contributed by atoms with E-state index < -0.39 is 0 Å². The zero-order valence-electron chi connectivity index (χ0n) is 20.0. The van der Waals surface area contributed by atoms with E-state index in [0.29, 0.717) is 53.8 Å². The van der Waals surface area contributed by atoms with Crippen molar-refractivity contribution < 1.29 is 23.8 Å². The van der Waals surface area contributed by atoms with Crippen LogP contribution in [0.4, 0.5) is 5.69 Å². The van der Waals surface area contributed by atoms with E-state index in [1.807, 2.05) is 44.2 Å². The van der Waals surface area contributed by atoms with E-state index >= 15 is 0 Å². The van der Waals surface area contributed by atoms with Crippen LogP contribution in [0.25, 0.3) is 0 Å². The van der Waals surface area contributed by atoms with E-state index in [-0.39, 0.29) is 11.8 Å². The van der Waals surface area contributed by atoms with E-state index in [2.05, 4.69) is 5.32 Å². The molecule has 3 aromatic rings. The summed E-state index contributed by atoms with van der Waals surface area (Å²) in [5.74, 6) is 0.733. The highest BCUT2D eigenvalue weighted by Crippen LogP contribution is 2.39. The number of hydrogen-bond acceptors (Lipinski definition) is 5. The van der Waals surface area contributed by atoms with E-state index in [0.717, 1.165) is 5.56 Å². The van der Waals surface area contributed by atoms with E-state index in [1.54, 1.807) is 41.3 Å². The van der Waals surface area contributed by atoms with Gasteiger partial charge in [0, 0.05) is 29.9 Å². The molecule has 1 N–H and O–H groups in total. The molecule has 0 aliphatic heterocycles. The van der Waals surface area contributed by atoms with Gasteiger partial charge in [0.25, 0.3) is 11.8 Å². The van der Waals surface area contributed by atoms with Crippen molar-refractivity contribution in [2.75, 3.05) is 32.6 Å². The molecule has 0 radical (unpaired) electrons. The molecule has 0 aliphatic rings. The van der Waals surface area contributed by atoms with Crippen LogP contribution in [0.1, 0.15) is 40.1 Å². The minimum Gasteiger partial charge on any atom is -0.493 e. The molecule has 0 bridgehead atoms. The van der Waals surface area contributed by atoms with Gasteiger partial charge in [0.2, 0.25) is 5.75 Å². The highest BCUT2D eigenvalue weighted by molar-refractivity contribution is 6.06. The first-order chi connectivity index (χ1) is 16.5. The van der Waals surface area contributed by atoms with Crippen LogP contribution in [-0.2, 0) is 6.61 Å². The van der Waals surface area contributed by atoms with Gasteiger partial charge in [-0.15, -0.1) is 0 Å². The Morgan fingerprint density at radius 2 is 1.47 bits per heavy atom. The smallest absolute Gasteiger partial charge is 0.255 e. The van der Waals surface area contributed by atoms with Crippen molar-refractivity contribution in [3.8, 4) is 17.2 Å². The summed E-state index contributed by atoms with van der Waals surface area (Å²) < 4.78 is 16.9. The summed E-state index contributed by atoms with van der Waals surface area (Å²) in [7, 11) is 3.02. The van der Waals surface area contributed by atoms with Crippen molar-refractivity contribution in [3.63, 3.8) is 0 Å². The summed E-state index contributed by atoms with van der Waals surface area (Å²) in [5.41, 5.74) is 2.36. The lowest BCUT2D eigenvalue weighted by molar-refractivity contribution is 0.0772. The maximum absolute atomic E-state index is 13.0. The van der Waals surface area contributed by atoms with Crippen molar-refractivity contribution >= 4 is 17.5 Å². The Balaban J connectivity index is 1.81. The van der Waals surface area contributed by atoms with E-state index in [4.69, 9.17) is 14.2 Å². The Bertz CT molecular complexity index is 1100.